The SMILES string of the molecule is COCC(C)CNC(=O)Nc1ccc(CCC(=O)O)cc1. The van der Waals surface area contributed by atoms with Crippen LogP contribution in [-0.2, 0) is 16.0 Å². The summed E-state index contributed by atoms with van der Waals surface area (Å²) in [5, 5.41) is 14.1. The molecule has 0 fully saturated rings. The first-order valence-electron chi connectivity index (χ1n) is 6.85. The third-order valence-electron chi connectivity index (χ3n) is 2.90. The van der Waals surface area contributed by atoms with Gasteiger partial charge in [-0.05, 0) is 30.0 Å². The number of methoxy groups -OCH3 is 1. The lowest BCUT2D eigenvalue weighted by atomic mass is 10.1. The number of anilines is 1. The number of benzene rings is 1. The summed E-state index contributed by atoms with van der Waals surface area (Å²) in [4.78, 5) is 22.2. The Morgan fingerprint density at radius 1 is 1.29 bits per heavy atom. The van der Waals surface area contributed by atoms with Crippen molar-refractivity contribution in [2.45, 2.75) is 19.8 Å². The summed E-state index contributed by atoms with van der Waals surface area (Å²) in [6, 6.07) is 6.87. The van der Waals surface area contributed by atoms with E-state index in [1.807, 2.05) is 19.1 Å². The molecule has 0 bridgehead atoms. The van der Waals surface area contributed by atoms with Crippen molar-refractivity contribution in [2.24, 2.45) is 5.92 Å². The van der Waals surface area contributed by atoms with Crippen molar-refractivity contribution in [2.75, 3.05) is 25.6 Å². The predicted molar refractivity (Wildman–Crippen MR) is 80.5 cm³/mol. The molecule has 0 aliphatic rings. The lowest BCUT2D eigenvalue weighted by Crippen LogP contribution is -2.33. The van der Waals surface area contributed by atoms with Crippen LogP contribution in [0.5, 0.6) is 0 Å². The zero-order valence-electron chi connectivity index (χ0n) is 12.4. The molecule has 0 aliphatic heterocycles. The molecule has 0 saturated carbocycles. The van der Waals surface area contributed by atoms with Crippen LogP contribution in [0.2, 0.25) is 0 Å². The maximum atomic E-state index is 11.7. The fourth-order valence-corrected chi connectivity index (χ4v) is 1.79. The van der Waals surface area contributed by atoms with Crippen LogP contribution in [0.3, 0.4) is 0 Å². The van der Waals surface area contributed by atoms with Crippen molar-refractivity contribution in [3.63, 3.8) is 0 Å². The summed E-state index contributed by atoms with van der Waals surface area (Å²) < 4.78 is 4.99. The molecule has 1 unspecified atom stereocenters. The largest absolute Gasteiger partial charge is 0.481 e. The Labute approximate surface area is 124 Å². The van der Waals surface area contributed by atoms with Gasteiger partial charge in [0.25, 0.3) is 0 Å². The van der Waals surface area contributed by atoms with Crippen LogP contribution >= 0.6 is 0 Å². The van der Waals surface area contributed by atoms with Crippen molar-refractivity contribution < 1.29 is 19.4 Å². The Kier molecular flexibility index (Phi) is 7.25. The predicted octanol–water partition coefficient (Wildman–Crippen LogP) is 2.11. The fraction of sp³-hybridized carbons (Fsp3) is 0.467. The van der Waals surface area contributed by atoms with Gasteiger partial charge in [-0.25, -0.2) is 4.79 Å². The first kappa shape index (κ1) is 17.0. The molecular weight excluding hydrogens is 272 g/mol. The van der Waals surface area contributed by atoms with Gasteiger partial charge in [-0.3, -0.25) is 4.79 Å². The topological polar surface area (TPSA) is 87.7 Å². The average molecular weight is 294 g/mol. The van der Waals surface area contributed by atoms with Gasteiger partial charge in [0.1, 0.15) is 0 Å². The summed E-state index contributed by atoms with van der Waals surface area (Å²) in [7, 11) is 1.63. The Bertz CT molecular complexity index is 459. The maximum Gasteiger partial charge on any atom is 0.319 e. The second-order valence-corrected chi connectivity index (χ2v) is 4.99. The van der Waals surface area contributed by atoms with Crippen LogP contribution in [-0.4, -0.2) is 37.4 Å². The number of rotatable bonds is 8. The van der Waals surface area contributed by atoms with E-state index >= 15 is 0 Å². The molecule has 6 heteroatoms. The van der Waals surface area contributed by atoms with Gasteiger partial charge in [0, 0.05) is 25.8 Å². The first-order valence-corrected chi connectivity index (χ1v) is 6.85. The van der Waals surface area contributed by atoms with Crippen molar-refractivity contribution in [3.05, 3.63) is 29.8 Å². The third kappa shape index (κ3) is 7.31. The number of carboxylic acids is 1. The molecular formula is C15H22N2O4. The summed E-state index contributed by atoms with van der Waals surface area (Å²) in [5.74, 6) is -0.569. The number of aliphatic carboxylic acids is 1. The summed E-state index contributed by atoms with van der Waals surface area (Å²) in [6.07, 6.45) is 0.584. The second-order valence-electron chi connectivity index (χ2n) is 4.99. The van der Waals surface area contributed by atoms with Gasteiger partial charge in [-0.2, -0.15) is 0 Å². The standard InChI is InChI=1S/C15H22N2O4/c1-11(10-21-2)9-16-15(20)17-13-6-3-12(4-7-13)5-8-14(18)19/h3-4,6-7,11H,5,8-10H2,1-2H3,(H,18,19)(H2,16,17,20). The molecule has 0 heterocycles. The molecule has 116 valence electrons. The van der Waals surface area contributed by atoms with Crippen molar-refractivity contribution in [1.82, 2.24) is 5.32 Å². The zero-order valence-corrected chi connectivity index (χ0v) is 12.4. The van der Waals surface area contributed by atoms with E-state index < -0.39 is 5.97 Å². The quantitative estimate of drug-likeness (QED) is 0.685. The minimum Gasteiger partial charge on any atom is -0.481 e. The van der Waals surface area contributed by atoms with E-state index in [1.54, 1.807) is 19.2 Å². The second kappa shape index (κ2) is 8.97. The van der Waals surface area contributed by atoms with E-state index in [2.05, 4.69) is 10.6 Å². The molecule has 3 N–H and O–H groups in total. The highest BCUT2D eigenvalue weighted by Crippen LogP contribution is 2.11. The normalized spacial score (nSPS) is 11.7. The lowest BCUT2D eigenvalue weighted by Gasteiger charge is -2.12. The summed E-state index contributed by atoms with van der Waals surface area (Å²) >= 11 is 0. The van der Waals surface area contributed by atoms with Crippen LogP contribution < -0.4 is 10.6 Å². The Hall–Kier alpha value is -2.08. The molecule has 1 aromatic rings. The molecule has 6 nitrogen and oxygen atoms in total. The average Bonchev–Trinajstić information content (AvgIpc) is 2.45. The van der Waals surface area contributed by atoms with Gasteiger partial charge in [0.15, 0.2) is 0 Å². The van der Waals surface area contributed by atoms with Gasteiger partial charge in [-0.1, -0.05) is 19.1 Å². The number of urea groups is 1. The van der Waals surface area contributed by atoms with E-state index in [9.17, 15) is 9.59 Å². The van der Waals surface area contributed by atoms with E-state index in [0.29, 0.717) is 25.3 Å². The van der Waals surface area contributed by atoms with E-state index in [-0.39, 0.29) is 18.4 Å². The zero-order chi connectivity index (χ0) is 15.7. The van der Waals surface area contributed by atoms with Crippen LogP contribution in [0.4, 0.5) is 10.5 Å². The highest BCUT2D eigenvalue weighted by atomic mass is 16.5. The Balaban J connectivity index is 2.37. The lowest BCUT2D eigenvalue weighted by molar-refractivity contribution is -0.136. The molecule has 0 aliphatic carbocycles. The molecule has 1 rings (SSSR count). The molecule has 0 saturated heterocycles. The van der Waals surface area contributed by atoms with Gasteiger partial charge in [0.2, 0.25) is 0 Å². The van der Waals surface area contributed by atoms with Crippen LogP contribution in [0.25, 0.3) is 0 Å². The molecule has 1 atom stereocenters. The molecule has 0 aromatic heterocycles. The van der Waals surface area contributed by atoms with E-state index in [0.717, 1.165) is 5.56 Å². The Morgan fingerprint density at radius 3 is 2.52 bits per heavy atom. The molecule has 0 radical (unpaired) electrons. The first-order chi connectivity index (χ1) is 10.0. The monoisotopic (exact) mass is 294 g/mol. The van der Waals surface area contributed by atoms with Gasteiger partial charge < -0.3 is 20.5 Å². The molecule has 0 spiro atoms. The number of hydrogen-bond acceptors (Lipinski definition) is 3. The fourth-order valence-electron chi connectivity index (χ4n) is 1.79. The van der Waals surface area contributed by atoms with Gasteiger partial charge >= 0.3 is 12.0 Å². The minimum atomic E-state index is -0.818. The number of nitrogens with one attached hydrogen (secondary N) is 2. The van der Waals surface area contributed by atoms with Crippen molar-refractivity contribution in [1.29, 1.82) is 0 Å². The number of ether oxygens (including phenoxy) is 1. The molecule has 2 amide bonds. The number of carbonyl (C=O) groups excluding carboxylic acids is 1. The maximum absolute atomic E-state index is 11.7. The summed E-state index contributed by atoms with van der Waals surface area (Å²) in [5.41, 5.74) is 1.60. The Morgan fingerprint density at radius 2 is 1.95 bits per heavy atom. The number of hydrogen-bond donors (Lipinski definition) is 3. The number of amides is 2. The molecule has 1 aromatic carbocycles. The minimum absolute atomic E-state index is 0.102. The number of aryl methyl sites for hydroxylation is 1. The van der Waals surface area contributed by atoms with Crippen molar-refractivity contribution in [3.8, 4) is 0 Å². The summed E-state index contributed by atoms with van der Waals surface area (Å²) in [6.45, 7) is 3.12. The van der Waals surface area contributed by atoms with Crippen LogP contribution in [0.15, 0.2) is 24.3 Å². The molecule has 21 heavy (non-hydrogen) atoms. The van der Waals surface area contributed by atoms with Crippen LogP contribution in [0, 0.1) is 5.92 Å². The number of carboxylic acid groups (broad SMARTS) is 1. The van der Waals surface area contributed by atoms with E-state index in [1.165, 1.54) is 0 Å². The smallest absolute Gasteiger partial charge is 0.319 e. The van der Waals surface area contributed by atoms with Crippen molar-refractivity contribution >= 4 is 17.7 Å². The van der Waals surface area contributed by atoms with E-state index in [4.69, 9.17) is 9.84 Å². The third-order valence-corrected chi connectivity index (χ3v) is 2.90. The van der Waals surface area contributed by atoms with Crippen LogP contribution in [0.1, 0.15) is 18.9 Å². The number of carbonyl (C=O) groups is 2. The highest BCUT2D eigenvalue weighted by Gasteiger charge is 2.06. The van der Waals surface area contributed by atoms with Gasteiger partial charge in [0.05, 0.1) is 6.61 Å². The van der Waals surface area contributed by atoms with Gasteiger partial charge in [-0.15, -0.1) is 0 Å². The highest BCUT2D eigenvalue weighted by molar-refractivity contribution is 5.89.